The molecule has 20 heavy (non-hydrogen) atoms. The lowest BCUT2D eigenvalue weighted by molar-refractivity contribution is 0.0916. The van der Waals surface area contributed by atoms with E-state index in [0.717, 1.165) is 5.56 Å². The topological polar surface area (TPSA) is 69.6 Å². The SMILES string of the molecule is O=C(NC(CO)c1ccccc1)c1ccc(I)c(O)c1. The van der Waals surface area contributed by atoms with Crippen molar-refractivity contribution in [2.24, 2.45) is 0 Å². The number of aromatic hydroxyl groups is 1. The number of aliphatic hydroxyl groups is 1. The predicted molar refractivity (Wildman–Crippen MR) is 84.6 cm³/mol. The van der Waals surface area contributed by atoms with Crippen LogP contribution in [0.1, 0.15) is 22.0 Å². The largest absolute Gasteiger partial charge is 0.507 e. The molecule has 0 radical (unpaired) electrons. The quantitative estimate of drug-likeness (QED) is 0.711. The number of rotatable bonds is 4. The fraction of sp³-hybridized carbons (Fsp3) is 0.133. The molecule has 1 atom stereocenters. The van der Waals surface area contributed by atoms with Crippen LogP contribution in [0, 0.1) is 3.57 Å². The summed E-state index contributed by atoms with van der Waals surface area (Å²) < 4.78 is 0.681. The molecule has 1 amide bonds. The molecule has 0 aliphatic heterocycles. The van der Waals surface area contributed by atoms with Crippen molar-refractivity contribution in [2.45, 2.75) is 6.04 Å². The van der Waals surface area contributed by atoms with Gasteiger partial charge in [0.1, 0.15) is 5.75 Å². The third-order valence-corrected chi connectivity index (χ3v) is 3.81. The fourth-order valence-corrected chi connectivity index (χ4v) is 2.15. The number of carbonyl (C=O) groups is 1. The van der Waals surface area contributed by atoms with Gasteiger partial charge in [-0.05, 0) is 46.4 Å². The lowest BCUT2D eigenvalue weighted by Crippen LogP contribution is -2.30. The van der Waals surface area contributed by atoms with Crippen LogP contribution in [0.3, 0.4) is 0 Å². The van der Waals surface area contributed by atoms with Crippen LogP contribution in [0.5, 0.6) is 5.75 Å². The van der Waals surface area contributed by atoms with Gasteiger partial charge in [0.2, 0.25) is 0 Å². The van der Waals surface area contributed by atoms with Crippen LogP contribution in [0.2, 0.25) is 0 Å². The zero-order chi connectivity index (χ0) is 14.5. The van der Waals surface area contributed by atoms with Gasteiger partial charge in [0.15, 0.2) is 0 Å². The normalized spacial score (nSPS) is 11.9. The molecule has 0 fully saturated rings. The summed E-state index contributed by atoms with van der Waals surface area (Å²) in [4.78, 5) is 12.1. The minimum atomic E-state index is -0.467. The van der Waals surface area contributed by atoms with Crippen LogP contribution in [0.15, 0.2) is 48.5 Å². The van der Waals surface area contributed by atoms with Gasteiger partial charge in [-0.2, -0.15) is 0 Å². The summed E-state index contributed by atoms with van der Waals surface area (Å²) in [7, 11) is 0. The van der Waals surface area contributed by atoms with Gasteiger partial charge in [0, 0.05) is 5.56 Å². The molecule has 104 valence electrons. The molecule has 4 nitrogen and oxygen atoms in total. The van der Waals surface area contributed by atoms with E-state index in [9.17, 15) is 15.0 Å². The molecule has 0 heterocycles. The van der Waals surface area contributed by atoms with E-state index in [2.05, 4.69) is 5.32 Å². The Morgan fingerprint density at radius 1 is 1.20 bits per heavy atom. The maximum atomic E-state index is 12.1. The highest BCUT2D eigenvalue weighted by Crippen LogP contribution is 2.21. The van der Waals surface area contributed by atoms with Crippen molar-refractivity contribution in [3.63, 3.8) is 0 Å². The Morgan fingerprint density at radius 2 is 1.90 bits per heavy atom. The van der Waals surface area contributed by atoms with Gasteiger partial charge in [-0.15, -0.1) is 0 Å². The summed E-state index contributed by atoms with van der Waals surface area (Å²) >= 11 is 1.98. The number of hydrogen-bond donors (Lipinski definition) is 3. The van der Waals surface area contributed by atoms with Crippen molar-refractivity contribution >= 4 is 28.5 Å². The van der Waals surface area contributed by atoms with E-state index in [1.54, 1.807) is 12.1 Å². The van der Waals surface area contributed by atoms with E-state index in [0.29, 0.717) is 9.13 Å². The molecule has 2 aromatic carbocycles. The molecule has 2 aromatic rings. The first-order chi connectivity index (χ1) is 9.61. The molecule has 0 saturated heterocycles. The molecule has 0 aliphatic rings. The Morgan fingerprint density at radius 3 is 2.50 bits per heavy atom. The average Bonchev–Trinajstić information content (AvgIpc) is 2.48. The van der Waals surface area contributed by atoms with Gasteiger partial charge in [-0.1, -0.05) is 30.3 Å². The van der Waals surface area contributed by atoms with Crippen molar-refractivity contribution < 1.29 is 15.0 Å². The third kappa shape index (κ3) is 3.49. The number of aliphatic hydroxyl groups excluding tert-OH is 1. The molecule has 0 saturated carbocycles. The van der Waals surface area contributed by atoms with Crippen LogP contribution in [-0.4, -0.2) is 22.7 Å². The maximum absolute atomic E-state index is 12.1. The van der Waals surface area contributed by atoms with Crippen LogP contribution >= 0.6 is 22.6 Å². The first-order valence-corrected chi connectivity index (χ1v) is 7.15. The Balaban J connectivity index is 2.15. The second-order valence-corrected chi connectivity index (χ2v) is 5.45. The number of carbonyl (C=O) groups excluding carboxylic acids is 1. The van der Waals surface area contributed by atoms with Crippen molar-refractivity contribution in [2.75, 3.05) is 6.61 Å². The Bertz CT molecular complexity index is 601. The lowest BCUT2D eigenvalue weighted by atomic mass is 10.1. The van der Waals surface area contributed by atoms with Crippen molar-refractivity contribution in [3.8, 4) is 5.75 Å². The first-order valence-electron chi connectivity index (χ1n) is 6.07. The Hall–Kier alpha value is -1.60. The second kappa shape index (κ2) is 6.71. The minimum Gasteiger partial charge on any atom is -0.507 e. The molecule has 0 aromatic heterocycles. The second-order valence-electron chi connectivity index (χ2n) is 4.29. The van der Waals surface area contributed by atoms with Gasteiger partial charge < -0.3 is 15.5 Å². The Kier molecular flexibility index (Phi) is 4.97. The monoisotopic (exact) mass is 383 g/mol. The Labute approximate surface area is 130 Å². The number of benzene rings is 2. The molecule has 5 heteroatoms. The minimum absolute atomic E-state index is 0.0681. The molecular formula is C15H14INO3. The van der Waals surface area contributed by atoms with Crippen LogP contribution in [0.25, 0.3) is 0 Å². The van der Waals surface area contributed by atoms with Crippen LogP contribution in [0.4, 0.5) is 0 Å². The molecule has 0 aliphatic carbocycles. The summed E-state index contributed by atoms with van der Waals surface area (Å²) in [6.45, 7) is -0.188. The van der Waals surface area contributed by atoms with Gasteiger partial charge in [0.25, 0.3) is 5.91 Å². The van der Waals surface area contributed by atoms with Crippen LogP contribution in [-0.2, 0) is 0 Å². The zero-order valence-electron chi connectivity index (χ0n) is 10.6. The molecule has 2 rings (SSSR count). The van der Waals surface area contributed by atoms with Crippen LogP contribution < -0.4 is 5.32 Å². The van der Waals surface area contributed by atoms with E-state index >= 15 is 0 Å². The van der Waals surface area contributed by atoms with E-state index in [-0.39, 0.29) is 18.3 Å². The van der Waals surface area contributed by atoms with Crippen molar-refractivity contribution in [1.29, 1.82) is 0 Å². The van der Waals surface area contributed by atoms with Gasteiger partial charge in [-0.25, -0.2) is 0 Å². The van der Waals surface area contributed by atoms with E-state index in [4.69, 9.17) is 0 Å². The lowest BCUT2D eigenvalue weighted by Gasteiger charge is -2.16. The standard InChI is InChI=1S/C15H14INO3/c16-12-7-6-11(8-14(12)19)15(20)17-13(9-18)10-4-2-1-3-5-10/h1-8,13,18-19H,9H2,(H,17,20). The first kappa shape index (κ1) is 14.8. The number of amides is 1. The smallest absolute Gasteiger partial charge is 0.251 e. The summed E-state index contributed by atoms with van der Waals surface area (Å²) in [5.41, 5.74) is 1.19. The van der Waals surface area contributed by atoms with Crippen molar-refractivity contribution in [1.82, 2.24) is 5.32 Å². The summed E-state index contributed by atoms with van der Waals surface area (Å²) in [5, 5.41) is 21.8. The number of halogens is 1. The molecule has 1 unspecified atom stereocenters. The highest BCUT2D eigenvalue weighted by molar-refractivity contribution is 14.1. The van der Waals surface area contributed by atoms with Gasteiger partial charge >= 0.3 is 0 Å². The van der Waals surface area contributed by atoms with Crippen molar-refractivity contribution in [3.05, 3.63) is 63.2 Å². The van der Waals surface area contributed by atoms with Gasteiger partial charge in [0.05, 0.1) is 16.2 Å². The zero-order valence-corrected chi connectivity index (χ0v) is 12.7. The van der Waals surface area contributed by atoms with E-state index < -0.39 is 6.04 Å². The van der Waals surface area contributed by atoms with E-state index in [1.807, 2.05) is 52.9 Å². The molecular weight excluding hydrogens is 369 g/mol. The highest BCUT2D eigenvalue weighted by Gasteiger charge is 2.15. The highest BCUT2D eigenvalue weighted by atomic mass is 127. The molecule has 3 N–H and O–H groups in total. The number of phenolic OH excluding ortho intramolecular Hbond substituents is 1. The molecule has 0 spiro atoms. The van der Waals surface area contributed by atoms with Gasteiger partial charge in [-0.3, -0.25) is 4.79 Å². The average molecular weight is 383 g/mol. The van der Waals surface area contributed by atoms with E-state index in [1.165, 1.54) is 6.07 Å². The summed E-state index contributed by atoms with van der Waals surface area (Å²) in [6, 6.07) is 13.5. The summed E-state index contributed by atoms with van der Waals surface area (Å²) in [6.07, 6.45) is 0. The fourth-order valence-electron chi connectivity index (χ4n) is 1.82. The third-order valence-electron chi connectivity index (χ3n) is 2.90. The number of nitrogens with one attached hydrogen (secondary N) is 1. The molecule has 0 bridgehead atoms. The predicted octanol–water partition coefficient (Wildman–Crippen LogP) is 2.46. The maximum Gasteiger partial charge on any atom is 0.251 e. The summed E-state index contributed by atoms with van der Waals surface area (Å²) in [5.74, 6) is -0.266. The number of hydrogen-bond acceptors (Lipinski definition) is 3. The number of phenols is 1.